The van der Waals surface area contributed by atoms with Crippen molar-refractivity contribution < 1.29 is 14.6 Å². The third-order valence-electron chi connectivity index (χ3n) is 8.65. The molecule has 5 heteroatoms. The maximum Gasteiger partial charge on any atom is 0.230 e. The fraction of sp³-hybridized carbons (Fsp3) is 0.429. The van der Waals surface area contributed by atoms with Gasteiger partial charge in [0.1, 0.15) is 11.4 Å². The summed E-state index contributed by atoms with van der Waals surface area (Å²) in [7, 11) is 1.72. The minimum Gasteiger partial charge on any atom is -0.496 e. The van der Waals surface area contributed by atoms with Crippen LogP contribution in [0.2, 0.25) is 0 Å². The topological polar surface area (TPSA) is 62.7 Å². The molecular formula is C35H40N2O3. The second kappa shape index (κ2) is 13.2. The number of ether oxygens (including phenoxy) is 1. The first kappa shape index (κ1) is 27.9. The van der Waals surface area contributed by atoms with Gasteiger partial charge in [0.25, 0.3) is 0 Å². The van der Waals surface area contributed by atoms with Crippen molar-refractivity contribution in [3.8, 4) is 17.6 Å². The Morgan fingerprint density at radius 3 is 2.45 bits per heavy atom. The third-order valence-corrected chi connectivity index (χ3v) is 8.65. The lowest BCUT2D eigenvalue weighted by atomic mass is 9.78. The average molecular weight is 537 g/mol. The first-order valence-electron chi connectivity index (χ1n) is 14.7. The lowest BCUT2D eigenvalue weighted by Gasteiger charge is -2.36. The molecule has 1 aromatic heterocycles. The van der Waals surface area contributed by atoms with E-state index in [2.05, 4.69) is 41.9 Å². The van der Waals surface area contributed by atoms with Crippen molar-refractivity contribution in [2.45, 2.75) is 70.3 Å². The maximum atomic E-state index is 13.9. The number of benzene rings is 2. The zero-order chi connectivity index (χ0) is 27.9. The van der Waals surface area contributed by atoms with E-state index in [0.717, 1.165) is 67.8 Å². The Morgan fingerprint density at radius 2 is 1.75 bits per heavy atom. The van der Waals surface area contributed by atoms with Crippen LogP contribution in [0.15, 0.2) is 66.9 Å². The lowest BCUT2D eigenvalue weighted by molar-refractivity contribution is -0.124. The lowest BCUT2D eigenvalue weighted by Crippen LogP contribution is -2.41. The quantitative estimate of drug-likeness (QED) is 0.358. The van der Waals surface area contributed by atoms with E-state index in [-0.39, 0.29) is 17.9 Å². The van der Waals surface area contributed by atoms with Gasteiger partial charge in [0, 0.05) is 29.9 Å². The number of amides is 1. The molecule has 0 aliphatic heterocycles. The Hall–Kier alpha value is -3.62. The SMILES string of the molecule is COc1ccc(C2CCC(CN(C(=O)C3CCC(O)CC3)c3cccc(C#Cc4ccccn4)c3)CC2)cc1C. The molecule has 208 valence electrons. The summed E-state index contributed by atoms with van der Waals surface area (Å²) in [5, 5.41) is 10.0. The normalized spacial score (nSPS) is 22.6. The number of aliphatic hydroxyl groups excluding tert-OH is 1. The van der Waals surface area contributed by atoms with Crippen LogP contribution in [0.4, 0.5) is 5.69 Å². The van der Waals surface area contributed by atoms with Gasteiger partial charge in [-0.25, -0.2) is 4.98 Å². The second-order valence-electron chi connectivity index (χ2n) is 11.4. The van der Waals surface area contributed by atoms with Gasteiger partial charge in [0.05, 0.1) is 13.2 Å². The molecule has 5 nitrogen and oxygen atoms in total. The Bertz CT molecular complexity index is 1340. The molecule has 2 saturated carbocycles. The van der Waals surface area contributed by atoms with E-state index in [1.165, 1.54) is 11.1 Å². The fourth-order valence-corrected chi connectivity index (χ4v) is 6.28. The van der Waals surface area contributed by atoms with Gasteiger partial charge in [-0.2, -0.15) is 0 Å². The van der Waals surface area contributed by atoms with E-state index in [1.54, 1.807) is 13.3 Å². The monoisotopic (exact) mass is 536 g/mol. The van der Waals surface area contributed by atoms with Crippen LogP contribution in [0.5, 0.6) is 5.75 Å². The molecular weight excluding hydrogens is 496 g/mol. The Labute approximate surface area is 238 Å². The molecule has 0 unspecified atom stereocenters. The van der Waals surface area contributed by atoms with E-state index in [1.807, 2.05) is 47.4 Å². The van der Waals surface area contributed by atoms with Crippen molar-refractivity contribution in [3.63, 3.8) is 0 Å². The van der Waals surface area contributed by atoms with Crippen LogP contribution in [0, 0.1) is 30.6 Å². The van der Waals surface area contributed by atoms with Crippen molar-refractivity contribution in [3.05, 3.63) is 89.2 Å². The maximum absolute atomic E-state index is 13.9. The van der Waals surface area contributed by atoms with Gasteiger partial charge in [-0.3, -0.25) is 4.79 Å². The molecule has 2 aromatic carbocycles. The number of hydrogen-bond donors (Lipinski definition) is 1. The highest BCUT2D eigenvalue weighted by Crippen LogP contribution is 2.38. The number of methoxy groups -OCH3 is 1. The highest BCUT2D eigenvalue weighted by atomic mass is 16.5. The van der Waals surface area contributed by atoms with Crippen LogP contribution in [0.3, 0.4) is 0 Å². The molecule has 1 heterocycles. The zero-order valence-corrected chi connectivity index (χ0v) is 23.7. The molecule has 1 amide bonds. The predicted molar refractivity (Wildman–Crippen MR) is 159 cm³/mol. The molecule has 5 rings (SSSR count). The number of hydrogen-bond acceptors (Lipinski definition) is 4. The molecule has 0 spiro atoms. The van der Waals surface area contributed by atoms with Gasteiger partial charge in [-0.1, -0.05) is 30.2 Å². The summed E-state index contributed by atoms with van der Waals surface area (Å²) in [5.41, 5.74) is 5.09. The molecule has 0 radical (unpaired) electrons. The van der Waals surface area contributed by atoms with Gasteiger partial charge >= 0.3 is 0 Å². The molecule has 2 fully saturated rings. The summed E-state index contributed by atoms with van der Waals surface area (Å²) >= 11 is 0. The second-order valence-corrected chi connectivity index (χ2v) is 11.4. The highest BCUT2D eigenvalue weighted by Gasteiger charge is 2.32. The van der Waals surface area contributed by atoms with Crippen LogP contribution < -0.4 is 9.64 Å². The average Bonchev–Trinajstić information content (AvgIpc) is 3.00. The van der Waals surface area contributed by atoms with Crippen molar-refractivity contribution in [1.29, 1.82) is 0 Å². The van der Waals surface area contributed by atoms with Crippen LogP contribution in [0.25, 0.3) is 0 Å². The molecule has 1 N–H and O–H groups in total. The number of nitrogens with zero attached hydrogens (tertiary/aromatic N) is 2. The molecule has 2 aliphatic carbocycles. The molecule has 0 atom stereocenters. The van der Waals surface area contributed by atoms with E-state index >= 15 is 0 Å². The smallest absolute Gasteiger partial charge is 0.230 e. The van der Waals surface area contributed by atoms with Crippen LogP contribution >= 0.6 is 0 Å². The first-order valence-corrected chi connectivity index (χ1v) is 14.7. The van der Waals surface area contributed by atoms with Gasteiger partial charge in [-0.05, 0) is 124 Å². The van der Waals surface area contributed by atoms with Crippen molar-refractivity contribution in [2.24, 2.45) is 11.8 Å². The summed E-state index contributed by atoms with van der Waals surface area (Å²) < 4.78 is 5.45. The van der Waals surface area contributed by atoms with Gasteiger partial charge in [-0.15, -0.1) is 0 Å². The molecule has 0 bridgehead atoms. The summed E-state index contributed by atoms with van der Waals surface area (Å²) in [6.45, 7) is 2.83. The first-order chi connectivity index (χ1) is 19.5. The minimum atomic E-state index is -0.278. The molecule has 0 saturated heterocycles. The van der Waals surface area contributed by atoms with Crippen LogP contribution in [-0.4, -0.2) is 35.8 Å². The Balaban J connectivity index is 1.32. The largest absolute Gasteiger partial charge is 0.496 e. The van der Waals surface area contributed by atoms with Crippen LogP contribution in [-0.2, 0) is 4.79 Å². The predicted octanol–water partition coefficient (Wildman–Crippen LogP) is 6.66. The summed E-state index contributed by atoms with van der Waals surface area (Å²) in [6.07, 6.45) is 8.82. The van der Waals surface area contributed by atoms with Crippen molar-refractivity contribution in [2.75, 3.05) is 18.6 Å². The summed E-state index contributed by atoms with van der Waals surface area (Å²) in [6, 6.07) is 20.3. The van der Waals surface area contributed by atoms with E-state index < -0.39 is 0 Å². The minimum absolute atomic E-state index is 0.0368. The van der Waals surface area contributed by atoms with Gasteiger partial charge < -0.3 is 14.7 Å². The molecule has 2 aliphatic rings. The number of anilines is 1. The molecule has 40 heavy (non-hydrogen) atoms. The van der Waals surface area contributed by atoms with Crippen molar-refractivity contribution >= 4 is 11.6 Å². The van der Waals surface area contributed by atoms with E-state index in [4.69, 9.17) is 4.74 Å². The molecule has 3 aromatic rings. The summed E-state index contributed by atoms with van der Waals surface area (Å²) in [4.78, 5) is 20.3. The third kappa shape index (κ3) is 6.92. The number of aryl methyl sites for hydroxylation is 1. The van der Waals surface area contributed by atoms with Crippen molar-refractivity contribution in [1.82, 2.24) is 4.98 Å². The van der Waals surface area contributed by atoms with E-state index in [0.29, 0.717) is 24.7 Å². The highest BCUT2D eigenvalue weighted by molar-refractivity contribution is 5.95. The van der Waals surface area contributed by atoms with E-state index in [9.17, 15) is 9.90 Å². The van der Waals surface area contributed by atoms with Gasteiger partial charge in [0.2, 0.25) is 5.91 Å². The van der Waals surface area contributed by atoms with Gasteiger partial charge in [0.15, 0.2) is 0 Å². The Morgan fingerprint density at radius 1 is 0.950 bits per heavy atom. The fourth-order valence-electron chi connectivity index (χ4n) is 6.28. The zero-order valence-electron chi connectivity index (χ0n) is 23.7. The number of aromatic nitrogens is 1. The number of rotatable bonds is 6. The number of carbonyl (C=O) groups excluding carboxylic acids is 1. The summed E-state index contributed by atoms with van der Waals surface area (Å²) in [5.74, 6) is 8.46. The number of carbonyl (C=O) groups is 1. The Kier molecular flexibility index (Phi) is 9.19. The number of aliphatic hydroxyl groups is 1. The van der Waals surface area contributed by atoms with Crippen LogP contribution in [0.1, 0.15) is 79.7 Å². The standard InChI is InChI=1S/C35H40N2O3/c1-25-22-30(16-20-34(25)40-2)28-12-9-27(10-13-28)24-37(35(39)29-14-18-33(38)19-15-29)32-8-5-6-26(23-32)11-17-31-7-3-4-21-36-31/h3-8,16,20-23,27-29,33,38H,9-10,12-15,18-19,24H2,1-2H3. The number of pyridine rings is 1.